The summed E-state index contributed by atoms with van der Waals surface area (Å²) in [4.78, 5) is 0.110. The molecule has 0 bridgehead atoms. The van der Waals surface area contributed by atoms with Crippen molar-refractivity contribution in [3.63, 3.8) is 0 Å². The first-order valence-corrected chi connectivity index (χ1v) is 7.59. The minimum Gasteiger partial charge on any atom is -0.390 e. The van der Waals surface area contributed by atoms with Crippen molar-refractivity contribution in [2.75, 3.05) is 11.0 Å². The van der Waals surface area contributed by atoms with Crippen LogP contribution < -0.4 is 0 Å². The lowest BCUT2D eigenvalue weighted by Crippen LogP contribution is -2.19. The lowest BCUT2D eigenvalue weighted by atomic mass is 10.2. The molecule has 0 spiro atoms. The average molecular weight is 356 g/mol. The third kappa shape index (κ3) is 4.00. The molecule has 0 fully saturated rings. The molecule has 0 saturated carbocycles. The number of aliphatic hydroxyl groups is 1. The van der Waals surface area contributed by atoms with Gasteiger partial charge in [0.1, 0.15) is 0 Å². The van der Waals surface area contributed by atoms with Crippen LogP contribution in [0.3, 0.4) is 0 Å². The van der Waals surface area contributed by atoms with Crippen LogP contribution in [-0.4, -0.2) is 30.7 Å². The molecule has 4 nitrogen and oxygen atoms in total. The molecule has 1 atom stereocenters. The maximum atomic E-state index is 11.6. The number of halogens is 1. The molecule has 1 unspecified atom stereocenters. The Labute approximate surface area is 109 Å². The van der Waals surface area contributed by atoms with Gasteiger partial charge in [0.2, 0.25) is 0 Å². The molecule has 1 N–H and O–H groups in total. The molecular formula is C10H13IO4S. The van der Waals surface area contributed by atoms with Gasteiger partial charge in [0.15, 0.2) is 0 Å². The van der Waals surface area contributed by atoms with E-state index in [2.05, 4.69) is 0 Å². The quantitative estimate of drug-likeness (QED) is 0.493. The van der Waals surface area contributed by atoms with E-state index < -0.39 is 16.2 Å². The van der Waals surface area contributed by atoms with E-state index in [4.69, 9.17) is 4.18 Å². The van der Waals surface area contributed by atoms with Crippen molar-refractivity contribution in [1.82, 2.24) is 0 Å². The average Bonchev–Trinajstić information content (AvgIpc) is 2.26. The van der Waals surface area contributed by atoms with Crippen LogP contribution in [0.1, 0.15) is 5.56 Å². The fourth-order valence-corrected chi connectivity index (χ4v) is 2.18. The molecule has 0 aliphatic carbocycles. The lowest BCUT2D eigenvalue weighted by Gasteiger charge is -2.08. The topological polar surface area (TPSA) is 63.6 Å². The minimum absolute atomic E-state index is 0.110. The van der Waals surface area contributed by atoms with Gasteiger partial charge in [-0.2, -0.15) is 8.42 Å². The van der Waals surface area contributed by atoms with Gasteiger partial charge in [-0.05, 0) is 19.1 Å². The first-order valence-electron chi connectivity index (χ1n) is 4.66. The third-order valence-corrected chi connectivity index (χ3v) is 4.22. The van der Waals surface area contributed by atoms with Crippen molar-refractivity contribution in [2.45, 2.75) is 17.9 Å². The van der Waals surface area contributed by atoms with Gasteiger partial charge >= 0.3 is 0 Å². The summed E-state index contributed by atoms with van der Waals surface area (Å²) in [6.45, 7) is 1.66. The van der Waals surface area contributed by atoms with Crippen molar-refractivity contribution < 1.29 is 17.7 Å². The number of benzene rings is 1. The van der Waals surface area contributed by atoms with Crippen molar-refractivity contribution in [3.8, 4) is 0 Å². The Morgan fingerprint density at radius 2 is 1.94 bits per heavy atom. The Morgan fingerprint density at radius 1 is 1.38 bits per heavy atom. The van der Waals surface area contributed by atoms with E-state index in [-0.39, 0.29) is 11.5 Å². The van der Waals surface area contributed by atoms with Crippen LogP contribution in [0.15, 0.2) is 29.2 Å². The molecule has 0 saturated heterocycles. The van der Waals surface area contributed by atoms with E-state index in [1.165, 1.54) is 12.1 Å². The normalized spacial score (nSPS) is 13.7. The van der Waals surface area contributed by atoms with E-state index in [0.717, 1.165) is 5.56 Å². The van der Waals surface area contributed by atoms with Crippen LogP contribution in [0.2, 0.25) is 0 Å². The number of aliphatic hydroxyl groups excluding tert-OH is 1. The summed E-state index contributed by atoms with van der Waals surface area (Å²) in [6, 6.07) is 6.37. The zero-order chi connectivity index (χ0) is 12.2. The van der Waals surface area contributed by atoms with Crippen molar-refractivity contribution in [3.05, 3.63) is 29.8 Å². The summed E-state index contributed by atoms with van der Waals surface area (Å²) >= 11 is 1.96. The number of hydrogen-bond donors (Lipinski definition) is 1. The van der Waals surface area contributed by atoms with E-state index >= 15 is 0 Å². The van der Waals surface area contributed by atoms with Crippen LogP contribution >= 0.6 is 22.6 Å². The molecule has 0 radical (unpaired) electrons. The largest absolute Gasteiger partial charge is 0.390 e. The van der Waals surface area contributed by atoms with Gasteiger partial charge in [0.05, 0.1) is 17.6 Å². The molecule has 0 amide bonds. The standard InChI is InChI=1S/C10H13IO4S/c1-8-2-4-10(5-3-8)16(13,14)15-7-9(12)6-11/h2-5,9,12H,6-7H2,1H3. The molecule has 1 aromatic carbocycles. The fraction of sp³-hybridized carbons (Fsp3) is 0.400. The Bertz CT molecular complexity index is 427. The van der Waals surface area contributed by atoms with Gasteiger partial charge in [-0.1, -0.05) is 40.3 Å². The summed E-state index contributed by atoms with van der Waals surface area (Å²) in [5.74, 6) is 0. The molecular weight excluding hydrogens is 343 g/mol. The van der Waals surface area contributed by atoms with Gasteiger partial charge in [-0.3, -0.25) is 4.18 Å². The summed E-state index contributed by atoms with van der Waals surface area (Å²) in [6.07, 6.45) is -0.763. The highest BCUT2D eigenvalue weighted by molar-refractivity contribution is 14.1. The van der Waals surface area contributed by atoms with Gasteiger partial charge in [-0.15, -0.1) is 0 Å². The molecule has 0 aromatic heterocycles. The number of alkyl halides is 1. The van der Waals surface area contributed by atoms with Crippen LogP contribution in [0.5, 0.6) is 0 Å². The summed E-state index contributed by atoms with van der Waals surface area (Å²) in [5.41, 5.74) is 0.978. The molecule has 0 heterocycles. The van der Waals surface area contributed by atoms with Crippen LogP contribution in [0.25, 0.3) is 0 Å². The van der Waals surface area contributed by atoms with Gasteiger partial charge < -0.3 is 5.11 Å². The fourth-order valence-electron chi connectivity index (χ4n) is 0.986. The smallest absolute Gasteiger partial charge is 0.297 e. The maximum Gasteiger partial charge on any atom is 0.297 e. The van der Waals surface area contributed by atoms with Crippen molar-refractivity contribution >= 4 is 32.7 Å². The molecule has 0 aliphatic heterocycles. The van der Waals surface area contributed by atoms with Gasteiger partial charge in [-0.25, -0.2) is 0 Å². The highest BCUT2D eigenvalue weighted by Gasteiger charge is 2.16. The summed E-state index contributed by atoms with van der Waals surface area (Å²) in [7, 11) is -3.75. The lowest BCUT2D eigenvalue weighted by molar-refractivity contribution is 0.132. The van der Waals surface area contributed by atoms with E-state index in [1.54, 1.807) is 12.1 Å². The molecule has 16 heavy (non-hydrogen) atoms. The predicted octanol–water partition coefficient (Wildman–Crippen LogP) is 1.50. The molecule has 6 heteroatoms. The van der Waals surface area contributed by atoms with E-state index in [9.17, 15) is 13.5 Å². The second-order valence-corrected chi connectivity index (χ2v) is 5.86. The molecule has 90 valence electrons. The van der Waals surface area contributed by atoms with Crippen LogP contribution in [-0.2, 0) is 14.3 Å². The Hall–Kier alpha value is -0.180. The SMILES string of the molecule is Cc1ccc(S(=O)(=O)OCC(O)CI)cc1. The molecule has 1 rings (SSSR count). The highest BCUT2D eigenvalue weighted by Crippen LogP contribution is 2.13. The highest BCUT2D eigenvalue weighted by atomic mass is 127. The summed E-state index contributed by atoms with van der Waals surface area (Å²) < 4.78 is 28.4. The zero-order valence-electron chi connectivity index (χ0n) is 8.76. The zero-order valence-corrected chi connectivity index (χ0v) is 11.7. The predicted molar refractivity (Wildman–Crippen MR) is 69.2 cm³/mol. The van der Waals surface area contributed by atoms with E-state index in [0.29, 0.717) is 4.43 Å². The first-order chi connectivity index (χ1) is 7.45. The molecule has 1 aromatic rings. The Morgan fingerprint density at radius 3 is 2.44 bits per heavy atom. The van der Waals surface area contributed by atoms with Crippen molar-refractivity contribution in [1.29, 1.82) is 0 Å². The second-order valence-electron chi connectivity index (χ2n) is 3.36. The van der Waals surface area contributed by atoms with Crippen LogP contribution in [0, 0.1) is 6.92 Å². The maximum absolute atomic E-state index is 11.6. The second kappa shape index (κ2) is 5.95. The minimum atomic E-state index is -3.75. The first kappa shape index (κ1) is 13.9. The van der Waals surface area contributed by atoms with Crippen LogP contribution in [0.4, 0.5) is 0 Å². The van der Waals surface area contributed by atoms with Gasteiger partial charge in [0.25, 0.3) is 10.1 Å². The Kier molecular flexibility index (Phi) is 5.16. The molecule has 0 aliphatic rings. The third-order valence-electron chi connectivity index (χ3n) is 1.90. The number of aryl methyl sites for hydroxylation is 1. The number of hydrogen-bond acceptors (Lipinski definition) is 4. The Balaban J connectivity index is 2.74. The summed E-state index contributed by atoms with van der Waals surface area (Å²) in [5, 5.41) is 9.22. The van der Waals surface area contributed by atoms with Crippen molar-refractivity contribution in [2.24, 2.45) is 0 Å². The van der Waals surface area contributed by atoms with E-state index in [1.807, 2.05) is 29.5 Å². The number of rotatable bonds is 5. The monoisotopic (exact) mass is 356 g/mol. The van der Waals surface area contributed by atoms with Gasteiger partial charge in [0, 0.05) is 4.43 Å².